The van der Waals surface area contributed by atoms with Crippen molar-refractivity contribution in [2.24, 2.45) is 0 Å². The number of hydrogen-bond donors (Lipinski definition) is 0. The van der Waals surface area contributed by atoms with Gasteiger partial charge in [-0.25, -0.2) is 9.67 Å². The quantitative estimate of drug-likeness (QED) is 0.775. The number of halogens is 1. The molecule has 4 nitrogen and oxygen atoms in total. The van der Waals surface area contributed by atoms with Gasteiger partial charge < -0.3 is 0 Å². The van der Waals surface area contributed by atoms with Crippen LogP contribution >= 0.6 is 15.9 Å². The highest BCUT2D eigenvalue weighted by Gasteiger charge is 2.00. The molecule has 0 bridgehead atoms. The lowest BCUT2D eigenvalue weighted by atomic mass is 10.4. The van der Waals surface area contributed by atoms with Crippen LogP contribution in [0.5, 0.6) is 0 Å². The van der Waals surface area contributed by atoms with Gasteiger partial charge in [0.25, 0.3) is 0 Å². The third kappa shape index (κ3) is 1.65. The lowest BCUT2D eigenvalue weighted by molar-refractivity contribution is 0.846. The van der Waals surface area contributed by atoms with Crippen LogP contribution < -0.4 is 0 Å². The molecule has 0 fully saturated rings. The summed E-state index contributed by atoms with van der Waals surface area (Å²) in [6.45, 7) is 0. The molecule has 2 heterocycles. The number of pyridine rings is 1. The standard InChI is InChI=1S/C9H5BrN4/c10-8-1-2-9(12-5-8)14-6-7(3-11)4-13-14/h1-2,4-6H. The van der Waals surface area contributed by atoms with Crippen molar-refractivity contribution in [1.29, 1.82) is 5.26 Å². The Morgan fingerprint density at radius 3 is 2.79 bits per heavy atom. The fourth-order valence-electron chi connectivity index (χ4n) is 1.01. The molecule has 2 aromatic rings. The molecule has 2 aromatic heterocycles. The summed E-state index contributed by atoms with van der Waals surface area (Å²) in [7, 11) is 0. The van der Waals surface area contributed by atoms with Gasteiger partial charge in [-0.2, -0.15) is 10.4 Å². The largest absolute Gasteiger partial charge is 0.236 e. The van der Waals surface area contributed by atoms with E-state index < -0.39 is 0 Å². The van der Waals surface area contributed by atoms with Crippen LogP contribution in [-0.4, -0.2) is 14.8 Å². The topological polar surface area (TPSA) is 54.5 Å². The van der Waals surface area contributed by atoms with Crippen molar-refractivity contribution in [2.45, 2.75) is 0 Å². The van der Waals surface area contributed by atoms with E-state index in [4.69, 9.17) is 5.26 Å². The maximum absolute atomic E-state index is 8.61. The Morgan fingerprint density at radius 2 is 2.21 bits per heavy atom. The third-order valence-electron chi connectivity index (χ3n) is 1.66. The molecule has 0 saturated carbocycles. The van der Waals surface area contributed by atoms with E-state index in [2.05, 4.69) is 26.0 Å². The average Bonchev–Trinajstić information content (AvgIpc) is 2.67. The Morgan fingerprint density at radius 1 is 1.36 bits per heavy atom. The van der Waals surface area contributed by atoms with Crippen molar-refractivity contribution in [1.82, 2.24) is 14.8 Å². The van der Waals surface area contributed by atoms with Crippen molar-refractivity contribution in [3.05, 3.63) is 40.8 Å². The fourth-order valence-corrected chi connectivity index (χ4v) is 1.24. The zero-order valence-corrected chi connectivity index (χ0v) is 8.64. The van der Waals surface area contributed by atoms with Crippen LogP contribution in [0.15, 0.2) is 35.2 Å². The van der Waals surface area contributed by atoms with Gasteiger partial charge in [-0.15, -0.1) is 0 Å². The molecular formula is C9H5BrN4. The Labute approximate surface area is 88.9 Å². The first-order valence-electron chi connectivity index (χ1n) is 3.86. The van der Waals surface area contributed by atoms with Gasteiger partial charge in [-0.05, 0) is 28.1 Å². The lowest BCUT2D eigenvalue weighted by Gasteiger charge is -1.98. The van der Waals surface area contributed by atoms with Crippen LogP contribution in [0.1, 0.15) is 5.56 Å². The van der Waals surface area contributed by atoms with Gasteiger partial charge in [0, 0.05) is 10.7 Å². The molecule has 0 spiro atoms. The van der Waals surface area contributed by atoms with Crippen LogP contribution in [0.4, 0.5) is 0 Å². The summed E-state index contributed by atoms with van der Waals surface area (Å²) in [4.78, 5) is 4.14. The molecular weight excluding hydrogens is 244 g/mol. The van der Waals surface area contributed by atoms with E-state index in [1.54, 1.807) is 17.1 Å². The van der Waals surface area contributed by atoms with Crippen molar-refractivity contribution in [3.63, 3.8) is 0 Å². The van der Waals surface area contributed by atoms with Crippen LogP contribution in [-0.2, 0) is 0 Å². The molecule has 0 atom stereocenters. The highest BCUT2D eigenvalue weighted by molar-refractivity contribution is 9.10. The molecule has 0 unspecified atom stereocenters. The Kier molecular flexibility index (Phi) is 2.29. The van der Waals surface area contributed by atoms with Gasteiger partial charge in [-0.3, -0.25) is 0 Å². The van der Waals surface area contributed by atoms with Gasteiger partial charge in [-0.1, -0.05) is 0 Å². The van der Waals surface area contributed by atoms with Gasteiger partial charge in [0.05, 0.1) is 18.0 Å². The van der Waals surface area contributed by atoms with Gasteiger partial charge >= 0.3 is 0 Å². The molecule has 14 heavy (non-hydrogen) atoms. The minimum absolute atomic E-state index is 0.523. The molecule has 0 aromatic carbocycles. The molecule has 0 aliphatic carbocycles. The van der Waals surface area contributed by atoms with Crippen molar-refractivity contribution in [2.75, 3.05) is 0 Å². The first-order chi connectivity index (χ1) is 6.79. The van der Waals surface area contributed by atoms with Crippen molar-refractivity contribution >= 4 is 15.9 Å². The zero-order valence-electron chi connectivity index (χ0n) is 7.05. The molecule has 0 N–H and O–H groups in total. The average molecular weight is 249 g/mol. The van der Waals surface area contributed by atoms with E-state index in [-0.39, 0.29) is 0 Å². The van der Waals surface area contributed by atoms with Gasteiger partial charge in [0.2, 0.25) is 0 Å². The second kappa shape index (κ2) is 3.60. The summed E-state index contributed by atoms with van der Waals surface area (Å²) in [5.41, 5.74) is 0.523. The minimum Gasteiger partial charge on any atom is -0.236 e. The summed E-state index contributed by atoms with van der Waals surface area (Å²) < 4.78 is 2.47. The molecule has 5 heteroatoms. The maximum Gasteiger partial charge on any atom is 0.153 e. The normalized spacial score (nSPS) is 9.71. The summed E-state index contributed by atoms with van der Waals surface area (Å²) in [6, 6.07) is 5.70. The van der Waals surface area contributed by atoms with Crippen LogP contribution in [0.25, 0.3) is 5.82 Å². The number of nitrogens with zero attached hydrogens (tertiary/aromatic N) is 4. The number of nitriles is 1. The Bertz CT molecular complexity index is 480. The van der Waals surface area contributed by atoms with Crippen molar-refractivity contribution in [3.8, 4) is 11.9 Å². The summed E-state index contributed by atoms with van der Waals surface area (Å²) >= 11 is 3.29. The first-order valence-corrected chi connectivity index (χ1v) is 4.65. The van der Waals surface area contributed by atoms with E-state index >= 15 is 0 Å². The van der Waals surface area contributed by atoms with E-state index in [0.717, 1.165) is 4.47 Å². The second-order valence-electron chi connectivity index (χ2n) is 2.62. The fraction of sp³-hybridized carbons (Fsp3) is 0. The molecule has 0 saturated heterocycles. The second-order valence-corrected chi connectivity index (χ2v) is 3.54. The smallest absolute Gasteiger partial charge is 0.153 e. The van der Waals surface area contributed by atoms with E-state index in [1.165, 1.54) is 6.20 Å². The summed E-state index contributed by atoms with van der Waals surface area (Å²) in [6.07, 6.45) is 4.82. The minimum atomic E-state index is 0.523. The summed E-state index contributed by atoms with van der Waals surface area (Å²) in [5, 5.41) is 12.6. The van der Waals surface area contributed by atoms with Gasteiger partial charge in [0.1, 0.15) is 6.07 Å². The molecule has 0 aliphatic heterocycles. The molecule has 0 radical (unpaired) electrons. The lowest BCUT2D eigenvalue weighted by Crippen LogP contribution is -1.96. The highest BCUT2D eigenvalue weighted by Crippen LogP contribution is 2.10. The monoisotopic (exact) mass is 248 g/mol. The molecule has 2 rings (SSSR count). The molecule has 0 aliphatic rings. The number of aromatic nitrogens is 3. The predicted octanol–water partition coefficient (Wildman–Crippen LogP) is 1.90. The zero-order chi connectivity index (χ0) is 9.97. The Hall–Kier alpha value is -1.67. The highest BCUT2D eigenvalue weighted by atomic mass is 79.9. The maximum atomic E-state index is 8.61. The van der Waals surface area contributed by atoms with E-state index in [9.17, 15) is 0 Å². The predicted molar refractivity (Wildman–Crippen MR) is 53.8 cm³/mol. The number of rotatable bonds is 1. The van der Waals surface area contributed by atoms with E-state index in [0.29, 0.717) is 11.4 Å². The van der Waals surface area contributed by atoms with Crippen LogP contribution in [0.2, 0.25) is 0 Å². The van der Waals surface area contributed by atoms with Crippen LogP contribution in [0.3, 0.4) is 0 Å². The Balaban J connectivity index is 2.40. The molecule has 0 amide bonds. The van der Waals surface area contributed by atoms with Gasteiger partial charge in [0.15, 0.2) is 5.82 Å². The summed E-state index contributed by atoms with van der Waals surface area (Å²) in [5.74, 6) is 0.690. The third-order valence-corrected chi connectivity index (χ3v) is 2.13. The molecule has 68 valence electrons. The van der Waals surface area contributed by atoms with Crippen molar-refractivity contribution < 1.29 is 0 Å². The van der Waals surface area contributed by atoms with Crippen LogP contribution in [0, 0.1) is 11.3 Å². The first kappa shape index (κ1) is 8.91. The van der Waals surface area contributed by atoms with E-state index in [1.807, 2.05) is 18.2 Å². The SMILES string of the molecule is N#Cc1cnn(-c2ccc(Br)cn2)c1. The number of hydrogen-bond acceptors (Lipinski definition) is 3.